The molecular formula is C14H27NO18S2. The van der Waals surface area contributed by atoms with E-state index in [1.165, 1.54) is 0 Å². The third-order valence-corrected chi connectivity index (χ3v) is 5.04. The lowest BCUT2D eigenvalue weighted by molar-refractivity contribution is -0.244. The van der Waals surface area contributed by atoms with Gasteiger partial charge in [-0.3, -0.25) is 13.9 Å². The number of aliphatic hydroxyl groups excluding tert-OH is 7. The normalized spacial score (nSPS) is 28.6. The van der Waals surface area contributed by atoms with Gasteiger partial charge in [0.15, 0.2) is 6.29 Å². The third-order valence-electron chi connectivity index (χ3n) is 4.11. The van der Waals surface area contributed by atoms with Crippen molar-refractivity contribution in [2.45, 2.75) is 62.0 Å². The summed E-state index contributed by atoms with van der Waals surface area (Å²) in [7, 11) is -9.86. The van der Waals surface area contributed by atoms with Gasteiger partial charge < -0.3 is 50.6 Å². The Balaban J connectivity index is 0.000000672. The summed E-state index contributed by atoms with van der Waals surface area (Å²) < 4.78 is 71.5. The SMILES string of the molecule is CC(=O)N[C@@H]1C(OS(=O)(=O)O)O[C@H](CO)[C@@H](O)[C@@H]1O.O=C[C@H](O)[C@@H](O)[C@H](O)[C@@H](CO)OS(=O)(=O)O. The molecule has 0 aromatic rings. The van der Waals surface area contributed by atoms with Crippen molar-refractivity contribution in [1.82, 2.24) is 5.32 Å². The third kappa shape index (κ3) is 11.9. The van der Waals surface area contributed by atoms with Gasteiger partial charge in [0, 0.05) is 6.92 Å². The van der Waals surface area contributed by atoms with Crippen molar-refractivity contribution in [2.75, 3.05) is 13.2 Å². The molecule has 1 unspecified atom stereocenters. The maximum atomic E-state index is 11.0. The van der Waals surface area contributed by atoms with E-state index in [1.54, 1.807) is 0 Å². The summed E-state index contributed by atoms with van der Waals surface area (Å²) in [5.41, 5.74) is 0. The van der Waals surface area contributed by atoms with Crippen LogP contribution in [0, 0.1) is 0 Å². The second-order valence-electron chi connectivity index (χ2n) is 6.81. The van der Waals surface area contributed by atoms with Crippen LogP contribution in [-0.2, 0) is 43.5 Å². The first-order valence-corrected chi connectivity index (χ1v) is 11.9. The van der Waals surface area contributed by atoms with Crippen LogP contribution in [0.4, 0.5) is 0 Å². The molecule has 1 aliphatic heterocycles. The van der Waals surface area contributed by atoms with Crippen molar-refractivity contribution in [3.8, 4) is 0 Å². The lowest BCUT2D eigenvalue weighted by Gasteiger charge is -2.41. The van der Waals surface area contributed by atoms with Gasteiger partial charge in [0.2, 0.25) is 12.2 Å². The summed E-state index contributed by atoms with van der Waals surface area (Å²) >= 11 is 0. The van der Waals surface area contributed by atoms with E-state index in [4.69, 9.17) is 34.3 Å². The topological polar surface area (TPSA) is 324 Å². The fourth-order valence-corrected chi connectivity index (χ4v) is 3.42. The number of aldehydes is 1. The van der Waals surface area contributed by atoms with Crippen molar-refractivity contribution in [2.24, 2.45) is 0 Å². The zero-order chi connectivity index (χ0) is 27.7. The number of aliphatic hydroxyl groups is 7. The van der Waals surface area contributed by atoms with Crippen LogP contribution in [0.25, 0.3) is 0 Å². The molecule has 1 rings (SSSR count). The fraction of sp³-hybridized carbons (Fsp3) is 0.857. The fourth-order valence-electron chi connectivity index (χ4n) is 2.53. The average molecular weight is 561 g/mol. The number of hydrogen-bond acceptors (Lipinski definition) is 16. The van der Waals surface area contributed by atoms with E-state index in [9.17, 15) is 41.7 Å². The van der Waals surface area contributed by atoms with E-state index in [2.05, 4.69) is 13.7 Å². The number of ether oxygens (including phenoxy) is 1. The van der Waals surface area contributed by atoms with Crippen molar-refractivity contribution in [3.63, 3.8) is 0 Å². The summed E-state index contributed by atoms with van der Waals surface area (Å²) in [6, 6.07) is -1.43. The molecule has 0 aromatic heterocycles. The Morgan fingerprint density at radius 1 is 1.03 bits per heavy atom. The molecule has 9 atom stereocenters. The van der Waals surface area contributed by atoms with Crippen LogP contribution < -0.4 is 5.32 Å². The molecule has 10 N–H and O–H groups in total. The number of nitrogens with one attached hydrogen (secondary N) is 1. The number of carbonyl (C=O) groups is 2. The maximum Gasteiger partial charge on any atom is 0.399 e. The molecule has 0 aliphatic carbocycles. The van der Waals surface area contributed by atoms with Gasteiger partial charge in [-0.25, -0.2) is 8.37 Å². The molecule has 0 saturated carbocycles. The molecule has 0 bridgehead atoms. The monoisotopic (exact) mass is 561 g/mol. The molecule has 19 nitrogen and oxygen atoms in total. The van der Waals surface area contributed by atoms with Gasteiger partial charge in [-0.1, -0.05) is 0 Å². The van der Waals surface area contributed by atoms with Gasteiger partial charge in [0.25, 0.3) is 0 Å². The second kappa shape index (κ2) is 14.3. The van der Waals surface area contributed by atoms with Gasteiger partial charge in [-0.2, -0.15) is 16.8 Å². The zero-order valence-electron chi connectivity index (χ0n) is 17.7. The molecule has 0 spiro atoms. The summed E-state index contributed by atoms with van der Waals surface area (Å²) in [4.78, 5) is 21.0. The molecule has 35 heavy (non-hydrogen) atoms. The van der Waals surface area contributed by atoms with Crippen LogP contribution in [0.1, 0.15) is 6.92 Å². The quantitative estimate of drug-likeness (QED) is 0.0827. The predicted octanol–water partition coefficient (Wildman–Crippen LogP) is -6.80. The standard InChI is InChI=1S/C8H15NO9S.C6H12O9S/c1-3(11)9-5-7(13)6(12)4(2-10)17-8(5)18-19(14,15)16;7-1-3(9)5(10)6(11)4(2-8)15-16(12,13)14/h4-8,10,12-13H,2H2,1H3,(H,9,11)(H,14,15,16);1,3-6,8-11H,2H2,(H,12,13,14)/t4-,5+,6-,7-,8?;3-,4+,5+,6+/m10/s1. The van der Waals surface area contributed by atoms with Crippen molar-refractivity contribution >= 4 is 33.0 Å². The summed E-state index contributed by atoms with van der Waals surface area (Å²) in [5, 5.41) is 66.1. The van der Waals surface area contributed by atoms with Crippen LogP contribution in [0.3, 0.4) is 0 Å². The molecule has 1 heterocycles. The molecule has 208 valence electrons. The first-order chi connectivity index (χ1) is 15.9. The number of rotatable bonds is 11. The van der Waals surface area contributed by atoms with Crippen molar-refractivity contribution in [1.29, 1.82) is 0 Å². The van der Waals surface area contributed by atoms with Crippen LogP contribution >= 0.6 is 0 Å². The molecule has 1 aliphatic rings. The first kappa shape index (κ1) is 33.6. The van der Waals surface area contributed by atoms with Crippen LogP contribution in [0.2, 0.25) is 0 Å². The molecule has 1 amide bonds. The Labute approximate surface area is 198 Å². The van der Waals surface area contributed by atoms with E-state index >= 15 is 0 Å². The first-order valence-electron chi connectivity index (χ1n) is 9.19. The molecule has 1 fully saturated rings. The summed E-state index contributed by atoms with van der Waals surface area (Å²) in [5.74, 6) is -0.647. The smallest absolute Gasteiger partial charge is 0.394 e. The second-order valence-corrected chi connectivity index (χ2v) is 8.91. The highest BCUT2D eigenvalue weighted by Gasteiger charge is 2.47. The molecule has 1 saturated heterocycles. The van der Waals surface area contributed by atoms with Crippen molar-refractivity contribution in [3.05, 3.63) is 0 Å². The highest BCUT2D eigenvalue weighted by molar-refractivity contribution is 7.81. The molecule has 0 radical (unpaired) electrons. The van der Waals surface area contributed by atoms with Gasteiger partial charge in [0.1, 0.15) is 48.8 Å². The highest BCUT2D eigenvalue weighted by Crippen LogP contribution is 2.23. The van der Waals surface area contributed by atoms with Gasteiger partial charge >= 0.3 is 20.8 Å². The zero-order valence-corrected chi connectivity index (χ0v) is 19.3. The minimum atomic E-state index is -4.95. The van der Waals surface area contributed by atoms with Gasteiger partial charge in [-0.05, 0) is 0 Å². The number of amides is 1. The lowest BCUT2D eigenvalue weighted by Crippen LogP contribution is -2.64. The minimum Gasteiger partial charge on any atom is -0.394 e. The average Bonchev–Trinajstić information content (AvgIpc) is 2.74. The Hall–Kier alpha value is -1.44. The van der Waals surface area contributed by atoms with Crippen LogP contribution in [0.5, 0.6) is 0 Å². The Kier molecular flexibility index (Phi) is 13.7. The van der Waals surface area contributed by atoms with Gasteiger partial charge in [-0.15, -0.1) is 0 Å². The number of hydrogen-bond donors (Lipinski definition) is 10. The largest absolute Gasteiger partial charge is 0.399 e. The van der Waals surface area contributed by atoms with E-state index in [-0.39, 0.29) is 6.29 Å². The highest BCUT2D eigenvalue weighted by atomic mass is 32.3. The summed E-state index contributed by atoms with van der Waals surface area (Å²) in [6.45, 7) is -0.707. The Bertz CT molecular complexity index is 880. The van der Waals surface area contributed by atoms with E-state index in [0.717, 1.165) is 6.92 Å². The maximum absolute atomic E-state index is 11.0. The Morgan fingerprint density at radius 2 is 1.57 bits per heavy atom. The number of carbonyl (C=O) groups excluding carboxylic acids is 2. The lowest BCUT2D eigenvalue weighted by atomic mass is 9.97. The Morgan fingerprint density at radius 3 is 1.94 bits per heavy atom. The van der Waals surface area contributed by atoms with E-state index < -0.39 is 95.0 Å². The van der Waals surface area contributed by atoms with E-state index in [0.29, 0.717) is 0 Å². The predicted molar refractivity (Wildman–Crippen MR) is 106 cm³/mol. The minimum absolute atomic E-state index is 0.101. The van der Waals surface area contributed by atoms with Gasteiger partial charge in [0.05, 0.1) is 13.2 Å². The van der Waals surface area contributed by atoms with E-state index in [1.807, 2.05) is 0 Å². The summed E-state index contributed by atoms with van der Waals surface area (Å²) in [6.07, 6.45) is -14.4. The van der Waals surface area contributed by atoms with Crippen LogP contribution in [0.15, 0.2) is 0 Å². The molecule has 0 aromatic carbocycles. The van der Waals surface area contributed by atoms with Crippen molar-refractivity contribution < 1.29 is 84.4 Å². The molecule has 21 heteroatoms. The molecular weight excluding hydrogens is 534 g/mol. The van der Waals surface area contributed by atoms with Crippen LogP contribution in [-0.4, -0.2) is 142 Å².